The molecule has 2 aliphatic rings. The monoisotopic (exact) mass is 440 g/mol. The van der Waals surface area contributed by atoms with Crippen molar-refractivity contribution >= 4 is 36.5 Å². The van der Waals surface area contributed by atoms with Crippen LogP contribution in [0.15, 0.2) is 30.3 Å². The normalized spacial score (nSPS) is 15.3. The third-order valence-electron chi connectivity index (χ3n) is 5.10. The van der Waals surface area contributed by atoms with Gasteiger partial charge in [-0.1, -0.05) is 24.3 Å². The summed E-state index contributed by atoms with van der Waals surface area (Å²) in [5, 5.41) is 3.22. The molecule has 8 heteroatoms. The van der Waals surface area contributed by atoms with Gasteiger partial charge in [-0.15, -0.1) is 24.8 Å². The van der Waals surface area contributed by atoms with Gasteiger partial charge in [-0.25, -0.2) is 4.79 Å². The second kappa shape index (κ2) is 10.2. The van der Waals surface area contributed by atoms with E-state index in [1.165, 1.54) is 7.11 Å². The van der Waals surface area contributed by atoms with Crippen LogP contribution in [0.1, 0.15) is 21.5 Å². The highest BCUT2D eigenvalue weighted by atomic mass is 35.5. The predicted molar refractivity (Wildman–Crippen MR) is 118 cm³/mol. The molecule has 6 nitrogen and oxygen atoms in total. The van der Waals surface area contributed by atoms with Crippen LogP contribution in [-0.2, 0) is 16.0 Å². The number of para-hydroxylation sites is 1. The highest BCUT2D eigenvalue weighted by Gasteiger charge is 2.24. The number of nitrogens with one attached hydrogen (secondary N) is 1. The van der Waals surface area contributed by atoms with Gasteiger partial charge < -0.3 is 19.1 Å². The molecule has 4 rings (SSSR count). The number of benzene rings is 2. The van der Waals surface area contributed by atoms with Crippen molar-refractivity contribution in [1.82, 2.24) is 5.32 Å². The molecule has 0 bridgehead atoms. The molecule has 0 atom stereocenters. The van der Waals surface area contributed by atoms with E-state index in [-0.39, 0.29) is 30.8 Å². The fraction of sp³-hybridized carbons (Fsp3) is 0.381. The number of anilines is 1. The third-order valence-corrected chi connectivity index (χ3v) is 5.10. The predicted octanol–water partition coefficient (Wildman–Crippen LogP) is 3.57. The Morgan fingerprint density at radius 2 is 1.93 bits per heavy atom. The fourth-order valence-corrected chi connectivity index (χ4v) is 3.78. The van der Waals surface area contributed by atoms with Crippen molar-refractivity contribution in [2.45, 2.75) is 13.5 Å². The number of ether oxygens (including phenoxy) is 3. The number of methoxy groups -OCH3 is 1. The smallest absolute Gasteiger partial charge is 0.340 e. The van der Waals surface area contributed by atoms with Crippen LogP contribution in [0.2, 0.25) is 0 Å². The number of carbonyl (C=O) groups excluding carboxylic acids is 1. The van der Waals surface area contributed by atoms with Crippen molar-refractivity contribution in [3.05, 3.63) is 47.0 Å². The van der Waals surface area contributed by atoms with E-state index >= 15 is 0 Å². The molecule has 0 saturated carbocycles. The highest BCUT2D eigenvalue weighted by Crippen LogP contribution is 2.38. The quantitative estimate of drug-likeness (QED) is 0.736. The average molecular weight is 441 g/mol. The molecule has 0 radical (unpaired) electrons. The Kier molecular flexibility index (Phi) is 8.16. The summed E-state index contributed by atoms with van der Waals surface area (Å²) in [7, 11) is 1.42. The van der Waals surface area contributed by atoms with E-state index < -0.39 is 0 Å². The summed E-state index contributed by atoms with van der Waals surface area (Å²) in [5.41, 5.74) is 5.64. The first kappa shape index (κ1) is 23.3. The summed E-state index contributed by atoms with van der Waals surface area (Å²) in [4.78, 5) is 14.7. The molecule has 1 N–H and O–H groups in total. The SMILES string of the molecule is COC(=O)c1c(C)cc(-c2cccc3c2OCNC3)cc1N1CCOCC1.Cl.Cl. The molecule has 0 amide bonds. The van der Waals surface area contributed by atoms with Crippen LogP contribution in [-0.4, -0.2) is 46.1 Å². The number of rotatable bonds is 3. The van der Waals surface area contributed by atoms with Crippen LogP contribution in [0, 0.1) is 6.92 Å². The molecular weight excluding hydrogens is 415 g/mol. The summed E-state index contributed by atoms with van der Waals surface area (Å²) in [6.07, 6.45) is 0. The molecule has 0 unspecified atom stereocenters. The molecular formula is C21H26Cl2N2O4. The molecule has 2 aromatic carbocycles. The molecule has 2 heterocycles. The maximum Gasteiger partial charge on any atom is 0.340 e. The van der Waals surface area contributed by atoms with Gasteiger partial charge in [-0.3, -0.25) is 5.32 Å². The summed E-state index contributed by atoms with van der Waals surface area (Å²) in [6, 6.07) is 10.3. The molecule has 29 heavy (non-hydrogen) atoms. The minimum absolute atomic E-state index is 0. The van der Waals surface area contributed by atoms with Crippen LogP contribution in [0.5, 0.6) is 5.75 Å². The molecule has 1 saturated heterocycles. The first-order chi connectivity index (χ1) is 13.2. The zero-order valence-corrected chi connectivity index (χ0v) is 18.2. The van der Waals surface area contributed by atoms with Crippen molar-refractivity contribution in [2.75, 3.05) is 45.0 Å². The number of nitrogens with zero attached hydrogens (tertiary/aromatic N) is 1. The standard InChI is InChI=1S/C21H24N2O4.2ClH/c1-14-10-16(17-5-3-4-15-12-22-13-27-20(15)17)11-18(19(14)21(24)25-2)23-6-8-26-9-7-23;;/h3-5,10-11,22H,6-9,12-13H2,1-2H3;2*1H. The molecule has 1 fully saturated rings. The molecule has 2 aliphatic heterocycles. The number of carbonyl (C=O) groups is 1. The summed E-state index contributed by atoms with van der Waals surface area (Å²) in [5.74, 6) is 0.602. The zero-order valence-electron chi connectivity index (χ0n) is 16.5. The van der Waals surface area contributed by atoms with Crippen LogP contribution in [0.25, 0.3) is 11.1 Å². The Balaban J connectivity index is 0.00000150. The fourth-order valence-electron chi connectivity index (χ4n) is 3.78. The van der Waals surface area contributed by atoms with Crippen molar-refractivity contribution < 1.29 is 19.0 Å². The Morgan fingerprint density at radius 3 is 2.66 bits per heavy atom. The first-order valence-electron chi connectivity index (χ1n) is 9.20. The summed E-state index contributed by atoms with van der Waals surface area (Å²) < 4.78 is 16.4. The Morgan fingerprint density at radius 1 is 1.17 bits per heavy atom. The first-order valence-corrected chi connectivity index (χ1v) is 9.20. The van der Waals surface area contributed by atoms with Gasteiger partial charge in [-0.2, -0.15) is 0 Å². The number of hydrogen-bond acceptors (Lipinski definition) is 6. The average Bonchev–Trinajstić information content (AvgIpc) is 2.73. The number of hydrogen-bond donors (Lipinski definition) is 1. The number of morpholine rings is 1. The van der Waals surface area contributed by atoms with Gasteiger partial charge in [0.05, 0.1) is 31.6 Å². The van der Waals surface area contributed by atoms with Gasteiger partial charge in [0.15, 0.2) is 0 Å². The van der Waals surface area contributed by atoms with Crippen LogP contribution in [0.4, 0.5) is 5.69 Å². The maximum atomic E-state index is 12.5. The number of esters is 1. The second-order valence-corrected chi connectivity index (χ2v) is 6.79. The second-order valence-electron chi connectivity index (χ2n) is 6.79. The van der Waals surface area contributed by atoms with Crippen molar-refractivity contribution in [2.24, 2.45) is 0 Å². The Hall–Kier alpha value is -1.99. The maximum absolute atomic E-state index is 12.5. The van der Waals surface area contributed by atoms with E-state index in [1.807, 2.05) is 19.1 Å². The van der Waals surface area contributed by atoms with E-state index in [0.29, 0.717) is 25.5 Å². The molecule has 0 aliphatic carbocycles. The van der Waals surface area contributed by atoms with Gasteiger partial charge in [0, 0.05) is 30.8 Å². The topological polar surface area (TPSA) is 60.0 Å². The van der Waals surface area contributed by atoms with Gasteiger partial charge in [0.25, 0.3) is 0 Å². The van der Waals surface area contributed by atoms with E-state index in [9.17, 15) is 4.79 Å². The van der Waals surface area contributed by atoms with Gasteiger partial charge in [0.2, 0.25) is 0 Å². The molecule has 158 valence electrons. The zero-order chi connectivity index (χ0) is 18.8. The third kappa shape index (κ3) is 4.61. The molecule has 2 aromatic rings. The van der Waals surface area contributed by atoms with E-state index in [2.05, 4.69) is 28.4 Å². The lowest BCUT2D eigenvalue weighted by atomic mass is 9.95. The number of fused-ring (bicyclic) bond motifs is 1. The van der Waals surface area contributed by atoms with Gasteiger partial charge >= 0.3 is 5.97 Å². The Bertz CT molecular complexity index is 870. The lowest BCUT2D eigenvalue weighted by molar-refractivity contribution is 0.0599. The summed E-state index contributed by atoms with van der Waals surface area (Å²) in [6.45, 7) is 6.05. The van der Waals surface area contributed by atoms with Crippen molar-refractivity contribution in [3.8, 4) is 16.9 Å². The van der Waals surface area contributed by atoms with E-state index in [4.69, 9.17) is 14.2 Å². The van der Waals surface area contributed by atoms with Crippen LogP contribution < -0.4 is 15.0 Å². The van der Waals surface area contributed by atoms with Gasteiger partial charge in [0.1, 0.15) is 12.5 Å². The summed E-state index contributed by atoms with van der Waals surface area (Å²) >= 11 is 0. The van der Waals surface area contributed by atoms with Crippen molar-refractivity contribution in [1.29, 1.82) is 0 Å². The van der Waals surface area contributed by atoms with Gasteiger partial charge in [-0.05, 0) is 24.1 Å². The lowest BCUT2D eigenvalue weighted by Crippen LogP contribution is -2.37. The van der Waals surface area contributed by atoms with Crippen molar-refractivity contribution in [3.63, 3.8) is 0 Å². The minimum Gasteiger partial charge on any atom is -0.477 e. The van der Waals surface area contributed by atoms with Crippen LogP contribution >= 0.6 is 24.8 Å². The van der Waals surface area contributed by atoms with E-state index in [0.717, 1.165) is 53.3 Å². The highest BCUT2D eigenvalue weighted by molar-refractivity contribution is 5.99. The van der Waals surface area contributed by atoms with Crippen LogP contribution in [0.3, 0.4) is 0 Å². The minimum atomic E-state index is -0.309. The molecule has 0 spiro atoms. The Labute approximate surface area is 183 Å². The largest absolute Gasteiger partial charge is 0.477 e. The number of aryl methyl sites for hydroxylation is 1. The number of halogens is 2. The molecule has 0 aromatic heterocycles. The van der Waals surface area contributed by atoms with E-state index in [1.54, 1.807) is 0 Å². The lowest BCUT2D eigenvalue weighted by Gasteiger charge is -2.31.